The molecule has 0 amide bonds. The summed E-state index contributed by atoms with van der Waals surface area (Å²) in [6.07, 6.45) is 4.68. The zero-order valence-corrected chi connectivity index (χ0v) is 10.8. The van der Waals surface area contributed by atoms with Crippen molar-refractivity contribution in [3.8, 4) is 0 Å². The van der Waals surface area contributed by atoms with Crippen LogP contribution in [-0.4, -0.2) is 31.3 Å². The molecule has 0 unspecified atom stereocenters. The molecule has 1 aromatic carbocycles. The topological polar surface area (TPSA) is 79.8 Å². The lowest BCUT2D eigenvalue weighted by atomic mass is 9.77. The van der Waals surface area contributed by atoms with Crippen molar-refractivity contribution < 1.29 is 14.4 Å². The summed E-state index contributed by atoms with van der Waals surface area (Å²) in [5.74, 6) is -0.569. The highest BCUT2D eigenvalue weighted by Gasteiger charge is 2.17. The van der Waals surface area contributed by atoms with Crippen LogP contribution in [0.3, 0.4) is 0 Å². The summed E-state index contributed by atoms with van der Waals surface area (Å²) in [6.45, 7) is 0.105. The third-order valence-corrected chi connectivity index (χ3v) is 3.26. The lowest BCUT2D eigenvalue weighted by molar-refractivity contribution is 0.425. The van der Waals surface area contributed by atoms with Crippen molar-refractivity contribution in [3.05, 3.63) is 64.6 Å². The molecular formula is C13H11BFN3O3. The number of hydrogen-bond donors (Lipinski definition) is 2. The molecule has 3 rings (SSSR count). The largest absolute Gasteiger partial charge is 0.488 e. The molecule has 2 aromatic heterocycles. The first-order valence-corrected chi connectivity index (χ1v) is 6.23. The van der Waals surface area contributed by atoms with Gasteiger partial charge >= 0.3 is 7.12 Å². The van der Waals surface area contributed by atoms with E-state index in [9.17, 15) is 19.2 Å². The van der Waals surface area contributed by atoms with Crippen LogP contribution in [0.25, 0.3) is 5.52 Å². The van der Waals surface area contributed by atoms with Crippen LogP contribution in [0, 0.1) is 5.82 Å². The standard InChI is InChI=1S/C13H11BFN3O3/c15-10-2-1-9(11(7-10)14(20)21)8-17-5-6-18-12(13(17)19)3-4-16-18/h1-7,20-21H,8H2. The zero-order valence-electron chi connectivity index (χ0n) is 10.8. The van der Waals surface area contributed by atoms with Gasteiger partial charge in [-0.15, -0.1) is 0 Å². The van der Waals surface area contributed by atoms with E-state index in [1.54, 1.807) is 18.5 Å². The van der Waals surface area contributed by atoms with Crippen LogP contribution < -0.4 is 11.0 Å². The second kappa shape index (κ2) is 5.15. The van der Waals surface area contributed by atoms with Gasteiger partial charge in [0.05, 0.1) is 12.7 Å². The summed E-state index contributed by atoms with van der Waals surface area (Å²) in [5.41, 5.74) is 0.635. The van der Waals surface area contributed by atoms with Crippen LogP contribution in [0.2, 0.25) is 0 Å². The van der Waals surface area contributed by atoms with Gasteiger partial charge in [0.15, 0.2) is 0 Å². The van der Waals surface area contributed by atoms with Gasteiger partial charge < -0.3 is 14.6 Å². The normalized spacial score (nSPS) is 11.0. The maximum atomic E-state index is 13.2. The highest BCUT2D eigenvalue weighted by Crippen LogP contribution is 2.04. The number of rotatable bonds is 3. The number of nitrogens with zero attached hydrogens (tertiary/aromatic N) is 3. The van der Waals surface area contributed by atoms with Crippen LogP contribution in [0.1, 0.15) is 5.56 Å². The SMILES string of the molecule is O=c1c2ccnn2ccn1Cc1ccc(F)cc1B(O)O. The Hall–Kier alpha value is -2.45. The third-order valence-electron chi connectivity index (χ3n) is 3.26. The molecule has 0 aliphatic heterocycles. The number of hydrogen-bond acceptors (Lipinski definition) is 4. The van der Waals surface area contributed by atoms with Gasteiger partial charge in [-0.1, -0.05) is 6.07 Å². The first-order valence-electron chi connectivity index (χ1n) is 6.23. The molecule has 2 heterocycles. The van der Waals surface area contributed by atoms with E-state index in [-0.39, 0.29) is 17.6 Å². The van der Waals surface area contributed by atoms with Crippen molar-refractivity contribution in [1.82, 2.24) is 14.2 Å². The molecule has 0 radical (unpaired) electrons. The number of halogens is 1. The van der Waals surface area contributed by atoms with Crippen molar-refractivity contribution >= 4 is 18.1 Å². The number of fused-ring (bicyclic) bond motifs is 1. The Morgan fingerprint density at radius 2 is 2.05 bits per heavy atom. The Morgan fingerprint density at radius 1 is 1.24 bits per heavy atom. The van der Waals surface area contributed by atoms with Gasteiger partial charge in [0.1, 0.15) is 11.3 Å². The summed E-state index contributed by atoms with van der Waals surface area (Å²) >= 11 is 0. The van der Waals surface area contributed by atoms with E-state index >= 15 is 0 Å². The van der Waals surface area contributed by atoms with Crippen LogP contribution in [0.15, 0.2) is 47.7 Å². The Kier molecular flexibility index (Phi) is 3.32. The molecule has 0 saturated heterocycles. The highest BCUT2D eigenvalue weighted by molar-refractivity contribution is 6.59. The van der Waals surface area contributed by atoms with E-state index in [2.05, 4.69) is 5.10 Å². The lowest BCUT2D eigenvalue weighted by Crippen LogP contribution is -2.35. The smallest absolute Gasteiger partial charge is 0.423 e. The summed E-state index contributed by atoms with van der Waals surface area (Å²) in [7, 11) is -1.80. The Bertz CT molecular complexity index is 859. The second-order valence-electron chi connectivity index (χ2n) is 4.61. The minimum absolute atomic E-state index is 0.0373. The predicted molar refractivity (Wildman–Crippen MR) is 74.8 cm³/mol. The molecule has 6 nitrogen and oxygen atoms in total. The van der Waals surface area contributed by atoms with Gasteiger partial charge in [-0.05, 0) is 29.2 Å². The van der Waals surface area contributed by atoms with Crippen LogP contribution in [0.5, 0.6) is 0 Å². The molecule has 0 saturated carbocycles. The molecule has 106 valence electrons. The predicted octanol–water partition coefficient (Wildman–Crippen LogP) is -0.637. The van der Waals surface area contributed by atoms with Crippen molar-refractivity contribution in [2.75, 3.05) is 0 Å². The van der Waals surface area contributed by atoms with E-state index in [0.717, 1.165) is 6.07 Å². The first kappa shape index (κ1) is 13.5. The fraction of sp³-hybridized carbons (Fsp3) is 0.0769. The molecule has 0 bridgehead atoms. The fourth-order valence-electron chi connectivity index (χ4n) is 2.22. The summed E-state index contributed by atoms with van der Waals surface area (Å²) < 4.78 is 16.0. The molecule has 21 heavy (non-hydrogen) atoms. The molecule has 0 atom stereocenters. The maximum Gasteiger partial charge on any atom is 0.488 e. The minimum Gasteiger partial charge on any atom is -0.423 e. The van der Waals surface area contributed by atoms with E-state index in [1.807, 2.05) is 0 Å². The molecule has 0 fully saturated rings. The molecule has 2 N–H and O–H groups in total. The average Bonchev–Trinajstić information content (AvgIpc) is 2.92. The third kappa shape index (κ3) is 2.46. The van der Waals surface area contributed by atoms with Gasteiger partial charge in [0.25, 0.3) is 5.56 Å². The van der Waals surface area contributed by atoms with Gasteiger partial charge in [0, 0.05) is 12.4 Å². The molecule has 0 aliphatic carbocycles. The zero-order chi connectivity index (χ0) is 15.0. The number of benzene rings is 1. The first-order chi connectivity index (χ1) is 10.1. The van der Waals surface area contributed by atoms with Gasteiger partial charge in [-0.3, -0.25) is 4.79 Å². The highest BCUT2D eigenvalue weighted by atomic mass is 19.1. The van der Waals surface area contributed by atoms with Gasteiger partial charge in [-0.2, -0.15) is 5.10 Å². The minimum atomic E-state index is -1.80. The van der Waals surface area contributed by atoms with Crippen LogP contribution in [-0.2, 0) is 6.54 Å². The van der Waals surface area contributed by atoms with Crippen molar-refractivity contribution in [3.63, 3.8) is 0 Å². The van der Waals surface area contributed by atoms with Crippen molar-refractivity contribution in [2.45, 2.75) is 6.54 Å². The van der Waals surface area contributed by atoms with E-state index in [0.29, 0.717) is 11.1 Å². The molecule has 3 aromatic rings. The van der Waals surface area contributed by atoms with E-state index in [4.69, 9.17) is 0 Å². The maximum absolute atomic E-state index is 13.2. The molecular weight excluding hydrogens is 276 g/mol. The molecule has 0 aliphatic rings. The van der Waals surface area contributed by atoms with Crippen LogP contribution >= 0.6 is 0 Å². The van der Waals surface area contributed by atoms with Gasteiger partial charge in [-0.25, -0.2) is 8.91 Å². The average molecular weight is 287 g/mol. The van der Waals surface area contributed by atoms with Crippen molar-refractivity contribution in [2.24, 2.45) is 0 Å². The van der Waals surface area contributed by atoms with E-state index < -0.39 is 12.9 Å². The Balaban J connectivity index is 2.06. The van der Waals surface area contributed by atoms with Gasteiger partial charge in [0.2, 0.25) is 0 Å². The fourth-order valence-corrected chi connectivity index (χ4v) is 2.22. The monoisotopic (exact) mass is 287 g/mol. The molecule has 8 heteroatoms. The van der Waals surface area contributed by atoms with E-state index in [1.165, 1.54) is 27.4 Å². The summed E-state index contributed by atoms with van der Waals surface area (Å²) in [5, 5.41) is 22.6. The van der Waals surface area contributed by atoms with Crippen LogP contribution in [0.4, 0.5) is 4.39 Å². The summed E-state index contributed by atoms with van der Waals surface area (Å²) in [6, 6.07) is 5.27. The molecule has 0 spiro atoms. The quantitative estimate of drug-likeness (QED) is 0.628. The number of aromatic nitrogens is 3. The Labute approximate surface area is 118 Å². The van der Waals surface area contributed by atoms with Crippen molar-refractivity contribution in [1.29, 1.82) is 0 Å². The lowest BCUT2D eigenvalue weighted by Gasteiger charge is -2.11. The second-order valence-corrected chi connectivity index (χ2v) is 4.61. The Morgan fingerprint density at radius 3 is 2.81 bits per heavy atom. The summed E-state index contributed by atoms with van der Waals surface area (Å²) in [4.78, 5) is 12.2.